The van der Waals surface area contributed by atoms with Gasteiger partial charge in [0, 0.05) is 19.4 Å². The summed E-state index contributed by atoms with van der Waals surface area (Å²) in [6.45, 7) is 1.72. The first-order valence-electron chi connectivity index (χ1n) is 6.62. The van der Waals surface area contributed by atoms with Crippen molar-refractivity contribution in [3.05, 3.63) is 29.8 Å². The summed E-state index contributed by atoms with van der Waals surface area (Å²) in [7, 11) is 1.35. The quantitative estimate of drug-likeness (QED) is 0.638. The highest BCUT2D eigenvalue weighted by Gasteiger charge is 2.39. The predicted molar refractivity (Wildman–Crippen MR) is 77.3 cm³/mol. The van der Waals surface area contributed by atoms with Crippen LogP contribution in [0.1, 0.15) is 18.3 Å². The van der Waals surface area contributed by atoms with E-state index in [9.17, 15) is 26.3 Å². The maximum absolute atomic E-state index is 13.2. The van der Waals surface area contributed by atoms with Crippen LogP contribution in [0, 0.1) is 0 Å². The van der Waals surface area contributed by atoms with E-state index in [0.717, 1.165) is 18.0 Å². The fourth-order valence-electron chi connectivity index (χ4n) is 1.94. The summed E-state index contributed by atoms with van der Waals surface area (Å²) in [5.74, 6) is -0.969. The van der Waals surface area contributed by atoms with Crippen LogP contribution in [0.15, 0.2) is 23.5 Å². The molecule has 132 valence electrons. The molecule has 0 aromatic carbocycles. The average Bonchev–Trinajstić information content (AvgIpc) is 2.90. The van der Waals surface area contributed by atoms with Crippen molar-refractivity contribution in [3.8, 4) is 5.69 Å². The highest BCUT2D eigenvalue weighted by Crippen LogP contribution is 2.36. The number of imidazole rings is 1. The molecule has 0 amide bonds. The van der Waals surface area contributed by atoms with E-state index in [1.807, 2.05) is 0 Å². The van der Waals surface area contributed by atoms with Crippen molar-refractivity contribution in [3.63, 3.8) is 0 Å². The molecular weight excluding hydrogens is 358 g/mol. The summed E-state index contributed by atoms with van der Waals surface area (Å²) in [6.07, 6.45) is -7.95. The molecule has 0 unspecified atom stereocenters. The van der Waals surface area contributed by atoms with Gasteiger partial charge in [-0.15, -0.1) is 11.8 Å². The molecule has 0 radical (unpaired) electrons. The second-order valence-corrected chi connectivity index (χ2v) is 5.83. The molecule has 4 nitrogen and oxygen atoms in total. The smallest absolute Gasteiger partial charge is 0.371 e. The minimum absolute atomic E-state index is 0.0595. The van der Waals surface area contributed by atoms with Crippen molar-refractivity contribution < 1.29 is 26.3 Å². The molecule has 24 heavy (non-hydrogen) atoms. The Bertz CT molecular complexity index is 722. The van der Waals surface area contributed by atoms with Gasteiger partial charge in [-0.25, -0.2) is 9.97 Å². The summed E-state index contributed by atoms with van der Waals surface area (Å²) < 4.78 is 78.8. The highest BCUT2D eigenvalue weighted by molar-refractivity contribution is 7.99. The Hall–Kier alpha value is -1.91. The Morgan fingerprint density at radius 2 is 1.83 bits per heavy atom. The van der Waals surface area contributed by atoms with Crippen LogP contribution in [0.4, 0.5) is 32.2 Å². The highest BCUT2D eigenvalue weighted by atomic mass is 32.2. The lowest BCUT2D eigenvalue weighted by Crippen LogP contribution is -2.16. The molecular formula is C13H12F6N4S. The standard InChI is InChI=1S/C13H12F6N4S/c1-3-24-9-6-23(11(22-9)13(17,18)19)8-4-7(12(14,15)16)5-21-10(8)20-2/h4-6H,3H2,1-2H3,(H,20,21). The van der Waals surface area contributed by atoms with Gasteiger partial charge in [-0.1, -0.05) is 6.92 Å². The molecule has 0 saturated heterocycles. The van der Waals surface area contributed by atoms with Gasteiger partial charge < -0.3 is 5.32 Å². The fourth-order valence-corrected chi connectivity index (χ4v) is 2.57. The summed E-state index contributed by atoms with van der Waals surface area (Å²) >= 11 is 1.05. The van der Waals surface area contributed by atoms with Gasteiger partial charge in [0.15, 0.2) is 0 Å². The maximum Gasteiger partial charge on any atom is 0.450 e. The number of nitrogens with zero attached hydrogens (tertiary/aromatic N) is 3. The molecule has 0 spiro atoms. The zero-order valence-corrected chi connectivity index (χ0v) is 13.3. The third kappa shape index (κ3) is 3.77. The SMILES string of the molecule is CCSc1cn(-c2cc(C(F)(F)F)cnc2NC)c(C(F)(F)F)n1. The Labute approximate surface area is 137 Å². The second-order valence-electron chi connectivity index (χ2n) is 4.54. The third-order valence-electron chi connectivity index (χ3n) is 2.92. The van der Waals surface area contributed by atoms with E-state index >= 15 is 0 Å². The molecule has 2 heterocycles. The van der Waals surface area contributed by atoms with Gasteiger partial charge in [-0.3, -0.25) is 4.57 Å². The van der Waals surface area contributed by atoms with E-state index < -0.39 is 23.7 Å². The number of hydrogen-bond donors (Lipinski definition) is 1. The molecule has 0 aliphatic carbocycles. The number of pyridine rings is 1. The maximum atomic E-state index is 13.2. The van der Waals surface area contributed by atoms with Crippen LogP contribution in [0.3, 0.4) is 0 Å². The number of hydrogen-bond acceptors (Lipinski definition) is 4. The molecule has 0 saturated carbocycles. The van der Waals surface area contributed by atoms with E-state index in [1.165, 1.54) is 7.05 Å². The van der Waals surface area contributed by atoms with Gasteiger partial charge in [-0.2, -0.15) is 26.3 Å². The van der Waals surface area contributed by atoms with Crippen LogP contribution in [-0.4, -0.2) is 27.3 Å². The average molecular weight is 370 g/mol. The number of aromatic nitrogens is 3. The molecule has 2 aromatic heterocycles. The van der Waals surface area contributed by atoms with Gasteiger partial charge in [0.25, 0.3) is 0 Å². The van der Waals surface area contributed by atoms with Gasteiger partial charge >= 0.3 is 12.4 Å². The fraction of sp³-hybridized carbons (Fsp3) is 0.385. The monoisotopic (exact) mass is 370 g/mol. The van der Waals surface area contributed by atoms with Gasteiger partial charge in [-0.05, 0) is 11.8 Å². The summed E-state index contributed by atoms with van der Waals surface area (Å²) in [4.78, 5) is 7.04. The van der Waals surface area contributed by atoms with E-state index in [1.54, 1.807) is 6.92 Å². The zero-order valence-electron chi connectivity index (χ0n) is 12.5. The minimum Gasteiger partial charge on any atom is -0.371 e. The Morgan fingerprint density at radius 1 is 1.17 bits per heavy atom. The van der Waals surface area contributed by atoms with E-state index in [-0.39, 0.29) is 16.5 Å². The molecule has 0 bridgehead atoms. The molecule has 2 aromatic rings. The zero-order chi connectivity index (χ0) is 18.1. The van der Waals surface area contributed by atoms with Crippen molar-refractivity contribution in [2.24, 2.45) is 0 Å². The van der Waals surface area contributed by atoms with Crippen LogP contribution < -0.4 is 5.32 Å². The van der Waals surface area contributed by atoms with Crippen LogP contribution in [0.2, 0.25) is 0 Å². The number of halogens is 6. The largest absolute Gasteiger partial charge is 0.450 e. The summed E-state index contributed by atoms with van der Waals surface area (Å²) in [5.41, 5.74) is -1.53. The third-order valence-corrected chi connectivity index (χ3v) is 3.70. The number of rotatable bonds is 4. The second kappa shape index (κ2) is 6.54. The van der Waals surface area contributed by atoms with Crippen LogP contribution in [0.5, 0.6) is 0 Å². The lowest BCUT2D eigenvalue weighted by atomic mass is 10.2. The first kappa shape index (κ1) is 18.4. The topological polar surface area (TPSA) is 42.7 Å². The number of anilines is 1. The van der Waals surface area contributed by atoms with Crippen molar-refractivity contribution in [1.29, 1.82) is 0 Å². The molecule has 2 rings (SSSR count). The number of nitrogens with one attached hydrogen (secondary N) is 1. The first-order chi connectivity index (χ1) is 11.1. The number of thioether (sulfide) groups is 1. The Balaban J connectivity index is 2.70. The van der Waals surface area contributed by atoms with Crippen molar-refractivity contribution in [2.45, 2.75) is 24.3 Å². The Morgan fingerprint density at radius 3 is 2.33 bits per heavy atom. The first-order valence-corrected chi connectivity index (χ1v) is 7.61. The molecule has 11 heteroatoms. The van der Waals surface area contributed by atoms with Gasteiger partial charge in [0.1, 0.15) is 10.8 Å². The summed E-state index contributed by atoms with van der Waals surface area (Å²) in [5, 5.41) is 2.55. The van der Waals surface area contributed by atoms with E-state index in [0.29, 0.717) is 22.6 Å². The molecule has 0 aliphatic rings. The van der Waals surface area contributed by atoms with E-state index in [2.05, 4.69) is 15.3 Å². The molecule has 0 atom stereocenters. The van der Waals surface area contributed by atoms with Crippen molar-refractivity contribution in [2.75, 3.05) is 18.1 Å². The minimum atomic E-state index is -4.83. The summed E-state index contributed by atoms with van der Waals surface area (Å²) in [6, 6.07) is 0.607. The normalized spacial score (nSPS) is 12.5. The predicted octanol–water partition coefficient (Wildman–Crippen LogP) is 4.46. The lowest BCUT2D eigenvalue weighted by Gasteiger charge is -2.15. The van der Waals surface area contributed by atoms with E-state index in [4.69, 9.17) is 0 Å². The Kier molecular flexibility index (Phi) is 5.02. The van der Waals surface area contributed by atoms with Crippen molar-refractivity contribution in [1.82, 2.24) is 14.5 Å². The van der Waals surface area contributed by atoms with Crippen LogP contribution in [0.25, 0.3) is 5.69 Å². The van der Waals surface area contributed by atoms with Crippen LogP contribution >= 0.6 is 11.8 Å². The molecule has 1 N–H and O–H groups in total. The lowest BCUT2D eigenvalue weighted by molar-refractivity contribution is -0.146. The van der Waals surface area contributed by atoms with Crippen LogP contribution in [-0.2, 0) is 12.4 Å². The van der Waals surface area contributed by atoms with Gasteiger partial charge in [0.2, 0.25) is 5.82 Å². The molecule has 0 fully saturated rings. The van der Waals surface area contributed by atoms with Gasteiger partial charge in [0.05, 0.1) is 11.3 Å². The van der Waals surface area contributed by atoms with Crippen molar-refractivity contribution >= 4 is 17.6 Å². The molecule has 0 aliphatic heterocycles. The number of alkyl halides is 6.